The maximum atomic E-state index is 12.4. The van der Waals surface area contributed by atoms with E-state index in [1.54, 1.807) is 31.2 Å². The third-order valence-electron chi connectivity index (χ3n) is 4.20. The molecule has 3 rings (SSSR count). The molecule has 1 saturated heterocycles. The van der Waals surface area contributed by atoms with Crippen molar-refractivity contribution in [1.29, 1.82) is 0 Å². The summed E-state index contributed by atoms with van der Waals surface area (Å²) in [6.07, 6.45) is 5.22. The molecule has 1 heterocycles. The zero-order chi connectivity index (χ0) is 15.0. The van der Waals surface area contributed by atoms with Gasteiger partial charge in [-0.1, -0.05) is 29.4 Å². The van der Waals surface area contributed by atoms with Gasteiger partial charge in [-0.2, -0.15) is 0 Å². The van der Waals surface area contributed by atoms with E-state index in [-0.39, 0.29) is 23.7 Å². The Labute approximate surface area is 122 Å². The number of fused-ring (bicyclic) bond motifs is 1. The van der Waals surface area contributed by atoms with Crippen LogP contribution in [0.2, 0.25) is 0 Å². The molecular weight excluding hydrogens is 268 g/mol. The molecule has 108 valence electrons. The number of imide groups is 1. The number of amides is 2. The summed E-state index contributed by atoms with van der Waals surface area (Å²) in [5.41, 5.74) is 1.81. The first-order chi connectivity index (χ1) is 10.1. The van der Waals surface area contributed by atoms with E-state index in [4.69, 9.17) is 5.21 Å². The number of carbonyl (C=O) groups excluding carboxylic acids is 2. The van der Waals surface area contributed by atoms with Crippen molar-refractivity contribution in [3.63, 3.8) is 0 Å². The lowest BCUT2D eigenvalue weighted by atomic mass is 9.85. The van der Waals surface area contributed by atoms with Crippen molar-refractivity contribution < 1.29 is 14.8 Å². The maximum absolute atomic E-state index is 12.4. The smallest absolute Gasteiger partial charge is 0.238 e. The summed E-state index contributed by atoms with van der Waals surface area (Å²) in [4.78, 5) is 26.2. The molecule has 0 radical (unpaired) electrons. The minimum atomic E-state index is -0.220. The molecule has 0 saturated carbocycles. The van der Waals surface area contributed by atoms with Gasteiger partial charge in [-0.3, -0.25) is 14.5 Å². The van der Waals surface area contributed by atoms with Crippen LogP contribution in [-0.2, 0) is 9.59 Å². The minimum absolute atomic E-state index is 0.116. The van der Waals surface area contributed by atoms with Crippen LogP contribution in [0.15, 0.2) is 41.6 Å². The Bertz CT molecular complexity index is 620. The van der Waals surface area contributed by atoms with Gasteiger partial charge in [-0.15, -0.1) is 0 Å². The number of allylic oxidation sites excluding steroid dienone is 2. The fourth-order valence-corrected chi connectivity index (χ4v) is 2.96. The van der Waals surface area contributed by atoms with E-state index in [2.05, 4.69) is 5.16 Å². The number of hydrogen-bond acceptors (Lipinski definition) is 4. The minimum Gasteiger partial charge on any atom is -0.411 e. The Hall–Kier alpha value is -2.43. The summed E-state index contributed by atoms with van der Waals surface area (Å²) in [7, 11) is 0. The molecule has 21 heavy (non-hydrogen) atoms. The summed E-state index contributed by atoms with van der Waals surface area (Å²) in [5.74, 6) is -0.671. The second kappa shape index (κ2) is 5.16. The Morgan fingerprint density at radius 1 is 1.10 bits per heavy atom. The van der Waals surface area contributed by atoms with Crippen molar-refractivity contribution >= 4 is 23.2 Å². The van der Waals surface area contributed by atoms with Gasteiger partial charge < -0.3 is 5.21 Å². The van der Waals surface area contributed by atoms with Gasteiger partial charge in [0.2, 0.25) is 11.8 Å². The number of benzene rings is 1. The molecule has 2 amide bonds. The standard InChI is InChI=1S/C16H16N2O3/c1-10(17-21)11-6-8-12(9-7-11)18-15(19)13-4-2-3-5-14(13)16(18)20/h2-3,6-9,13-14,21H,4-5H2,1H3/b17-10-. The summed E-state index contributed by atoms with van der Waals surface area (Å²) >= 11 is 0. The molecule has 5 heteroatoms. The Morgan fingerprint density at radius 2 is 1.62 bits per heavy atom. The van der Waals surface area contributed by atoms with Crippen LogP contribution in [0.5, 0.6) is 0 Å². The van der Waals surface area contributed by atoms with Gasteiger partial charge in [-0.25, -0.2) is 0 Å². The van der Waals surface area contributed by atoms with Gasteiger partial charge in [-0.05, 0) is 37.5 Å². The normalized spacial score (nSPS) is 25.4. The fraction of sp³-hybridized carbons (Fsp3) is 0.312. The van der Waals surface area contributed by atoms with Crippen LogP contribution in [-0.4, -0.2) is 22.7 Å². The van der Waals surface area contributed by atoms with Crippen molar-refractivity contribution in [2.24, 2.45) is 17.0 Å². The Morgan fingerprint density at radius 3 is 2.10 bits per heavy atom. The van der Waals surface area contributed by atoms with Gasteiger partial charge in [0.1, 0.15) is 0 Å². The summed E-state index contributed by atoms with van der Waals surface area (Å²) in [5, 5.41) is 11.9. The molecular formula is C16H16N2O3. The van der Waals surface area contributed by atoms with Gasteiger partial charge in [0.15, 0.2) is 0 Å². The van der Waals surface area contributed by atoms with Crippen molar-refractivity contribution in [2.75, 3.05) is 4.90 Å². The van der Waals surface area contributed by atoms with Crippen LogP contribution in [0.1, 0.15) is 25.3 Å². The third-order valence-corrected chi connectivity index (χ3v) is 4.20. The molecule has 0 aromatic heterocycles. The molecule has 1 N–H and O–H groups in total. The van der Waals surface area contributed by atoms with Crippen LogP contribution in [0.3, 0.4) is 0 Å². The van der Waals surface area contributed by atoms with E-state index in [0.29, 0.717) is 24.2 Å². The highest BCUT2D eigenvalue weighted by Gasteiger charge is 2.47. The van der Waals surface area contributed by atoms with Crippen molar-refractivity contribution in [2.45, 2.75) is 19.8 Å². The highest BCUT2D eigenvalue weighted by molar-refractivity contribution is 6.22. The van der Waals surface area contributed by atoms with Crippen LogP contribution >= 0.6 is 0 Å². The monoisotopic (exact) mass is 284 g/mol. The van der Waals surface area contributed by atoms with Gasteiger partial charge >= 0.3 is 0 Å². The van der Waals surface area contributed by atoms with E-state index in [0.717, 1.165) is 5.56 Å². The molecule has 5 nitrogen and oxygen atoms in total. The quantitative estimate of drug-likeness (QED) is 0.298. The molecule has 0 bridgehead atoms. The van der Waals surface area contributed by atoms with Gasteiger partial charge in [0.25, 0.3) is 0 Å². The van der Waals surface area contributed by atoms with E-state index < -0.39 is 0 Å². The van der Waals surface area contributed by atoms with Crippen molar-refractivity contribution in [3.8, 4) is 0 Å². The number of rotatable bonds is 2. The highest BCUT2D eigenvalue weighted by atomic mass is 16.4. The van der Waals surface area contributed by atoms with Gasteiger partial charge in [0.05, 0.1) is 23.2 Å². The highest BCUT2D eigenvalue weighted by Crippen LogP contribution is 2.37. The molecule has 2 atom stereocenters. The lowest BCUT2D eigenvalue weighted by molar-refractivity contribution is -0.122. The van der Waals surface area contributed by atoms with E-state index in [1.807, 2.05) is 12.2 Å². The zero-order valence-electron chi connectivity index (χ0n) is 11.7. The molecule has 1 fully saturated rings. The first-order valence-corrected chi connectivity index (χ1v) is 6.95. The second-order valence-corrected chi connectivity index (χ2v) is 5.40. The maximum Gasteiger partial charge on any atom is 0.238 e. The van der Waals surface area contributed by atoms with Crippen LogP contribution in [0, 0.1) is 11.8 Å². The van der Waals surface area contributed by atoms with Crippen LogP contribution in [0.25, 0.3) is 0 Å². The van der Waals surface area contributed by atoms with Crippen molar-refractivity contribution in [3.05, 3.63) is 42.0 Å². The largest absolute Gasteiger partial charge is 0.411 e. The predicted octanol–water partition coefficient (Wildman–Crippen LogP) is 2.34. The summed E-state index contributed by atoms with van der Waals surface area (Å²) in [6.45, 7) is 1.68. The lowest BCUT2D eigenvalue weighted by Crippen LogP contribution is -2.30. The summed E-state index contributed by atoms with van der Waals surface area (Å²) in [6, 6.07) is 6.91. The Kier molecular flexibility index (Phi) is 3.33. The first kappa shape index (κ1) is 13.5. The fourth-order valence-electron chi connectivity index (χ4n) is 2.96. The molecule has 1 aromatic rings. The van der Waals surface area contributed by atoms with Crippen molar-refractivity contribution in [1.82, 2.24) is 0 Å². The van der Waals surface area contributed by atoms with E-state index in [9.17, 15) is 9.59 Å². The molecule has 1 aliphatic heterocycles. The first-order valence-electron chi connectivity index (χ1n) is 6.95. The topological polar surface area (TPSA) is 70.0 Å². The number of hydrogen-bond donors (Lipinski definition) is 1. The number of anilines is 1. The number of oxime groups is 1. The van der Waals surface area contributed by atoms with Gasteiger partial charge in [0, 0.05) is 0 Å². The lowest BCUT2D eigenvalue weighted by Gasteiger charge is -2.15. The molecule has 2 unspecified atom stereocenters. The molecule has 1 aliphatic carbocycles. The molecule has 0 spiro atoms. The van der Waals surface area contributed by atoms with E-state index in [1.165, 1.54) is 4.90 Å². The predicted molar refractivity (Wildman–Crippen MR) is 78.3 cm³/mol. The van der Waals surface area contributed by atoms with E-state index >= 15 is 0 Å². The Balaban J connectivity index is 1.90. The SMILES string of the molecule is C/C(=N/O)c1ccc(N2C(=O)C3CC=CCC3C2=O)cc1. The van der Waals surface area contributed by atoms with Crippen LogP contribution < -0.4 is 4.90 Å². The average molecular weight is 284 g/mol. The second-order valence-electron chi connectivity index (χ2n) is 5.40. The summed E-state index contributed by atoms with van der Waals surface area (Å²) < 4.78 is 0. The third kappa shape index (κ3) is 2.14. The zero-order valence-corrected chi connectivity index (χ0v) is 11.7. The molecule has 2 aliphatic rings. The van der Waals surface area contributed by atoms with Crippen LogP contribution in [0.4, 0.5) is 5.69 Å². The average Bonchev–Trinajstić information content (AvgIpc) is 2.79. The number of nitrogens with zero attached hydrogens (tertiary/aromatic N) is 2. The molecule has 1 aromatic carbocycles. The number of carbonyl (C=O) groups is 2.